The van der Waals surface area contributed by atoms with Crippen LogP contribution < -0.4 is 9.47 Å². The Kier molecular flexibility index (Phi) is 15.8. The number of aryl methyl sites for hydroxylation is 8. The third-order valence-electron chi connectivity index (χ3n) is 10.7. The van der Waals surface area contributed by atoms with Crippen molar-refractivity contribution in [2.75, 3.05) is 0 Å². The number of esters is 2. The number of phenols is 2. The van der Waals surface area contributed by atoms with Crippen molar-refractivity contribution < 1.29 is 39.2 Å². The normalized spacial score (nSPS) is 10.1. The van der Waals surface area contributed by atoms with Crippen molar-refractivity contribution in [3.8, 4) is 51.3 Å². The number of aromatic carboxylic acids is 1. The van der Waals surface area contributed by atoms with Crippen molar-refractivity contribution in [1.82, 2.24) is 0 Å². The molecule has 0 saturated carbocycles. The minimum atomic E-state index is -0.971. The van der Waals surface area contributed by atoms with E-state index in [0.717, 1.165) is 66.8 Å². The van der Waals surface area contributed by atoms with E-state index in [-0.39, 0.29) is 5.56 Å². The standard InChI is InChI=1S/C32H24N2O4.C16H18O2.C8H5NO2/c1-19-14-26(15-20(2)29(19)37-31(35)24-8-6-23(18-33)7-9-24)27-16-21(3)30(22(4)17-27)38-32(36)25-10-12-28(34-5)13-11-25;1-9-5-13(6-10(2)15(9)17)14-7-11(3)16(18)12(4)8-14;1-9-7-4-2-6(3-5-7)8(10)11/h6-17H,1-4H3;5-8,17-18H,1-4H3;2-5H,(H,10,11). The summed E-state index contributed by atoms with van der Waals surface area (Å²) in [6.07, 6.45) is 0. The van der Waals surface area contributed by atoms with Crippen molar-refractivity contribution in [3.63, 3.8) is 0 Å². The molecule has 0 aliphatic heterocycles. The fourth-order valence-corrected chi connectivity index (χ4v) is 7.14. The van der Waals surface area contributed by atoms with Gasteiger partial charge in [-0.2, -0.15) is 5.26 Å². The van der Waals surface area contributed by atoms with Crippen molar-refractivity contribution in [1.29, 1.82) is 5.26 Å². The highest BCUT2D eigenvalue weighted by Crippen LogP contribution is 2.36. The van der Waals surface area contributed by atoms with Gasteiger partial charge >= 0.3 is 17.9 Å². The summed E-state index contributed by atoms with van der Waals surface area (Å²) in [6, 6.07) is 36.1. The molecule has 0 radical (unpaired) electrons. The Hall–Kier alpha value is -8.98. The van der Waals surface area contributed by atoms with E-state index in [4.69, 9.17) is 33.0 Å². The van der Waals surface area contributed by atoms with Crippen LogP contribution in [0.2, 0.25) is 0 Å². The monoisotopic (exact) mass is 889 g/mol. The molecule has 334 valence electrons. The summed E-state index contributed by atoms with van der Waals surface area (Å²) in [5.74, 6) is -0.255. The third kappa shape index (κ3) is 12.2. The highest BCUT2D eigenvalue weighted by molar-refractivity contribution is 5.93. The molecule has 0 saturated heterocycles. The first-order chi connectivity index (χ1) is 31.8. The van der Waals surface area contributed by atoms with Gasteiger partial charge in [0.2, 0.25) is 0 Å². The predicted octanol–water partition coefficient (Wildman–Crippen LogP) is 13.4. The van der Waals surface area contributed by atoms with Crippen LogP contribution in [0.25, 0.3) is 31.9 Å². The topological polar surface area (TPSA) is 163 Å². The number of carboxylic acid groups (broad SMARTS) is 1. The fraction of sp³-hybridized carbons (Fsp3) is 0.143. The van der Waals surface area contributed by atoms with Crippen LogP contribution in [0.15, 0.2) is 121 Å². The van der Waals surface area contributed by atoms with Gasteiger partial charge in [-0.3, -0.25) is 0 Å². The molecule has 7 aromatic carbocycles. The molecule has 3 N–H and O–H groups in total. The first-order valence-electron chi connectivity index (χ1n) is 20.8. The van der Waals surface area contributed by atoms with E-state index in [1.165, 1.54) is 24.3 Å². The number of carbonyl (C=O) groups excluding carboxylic acids is 2. The molecule has 7 aromatic rings. The Morgan fingerprint density at radius 3 is 1.00 bits per heavy atom. The molecule has 67 heavy (non-hydrogen) atoms. The van der Waals surface area contributed by atoms with Gasteiger partial charge in [0.25, 0.3) is 0 Å². The van der Waals surface area contributed by atoms with E-state index in [1.807, 2.05) is 110 Å². The van der Waals surface area contributed by atoms with E-state index in [9.17, 15) is 24.6 Å². The van der Waals surface area contributed by atoms with Crippen LogP contribution >= 0.6 is 0 Å². The lowest BCUT2D eigenvalue weighted by Gasteiger charge is -2.16. The molecule has 0 aliphatic rings. The summed E-state index contributed by atoms with van der Waals surface area (Å²) in [6.45, 7) is 28.8. The molecule has 0 amide bonds. The van der Waals surface area contributed by atoms with Gasteiger partial charge in [-0.25, -0.2) is 24.1 Å². The summed E-state index contributed by atoms with van der Waals surface area (Å²) in [4.78, 5) is 42.1. The number of carboxylic acids is 1. The summed E-state index contributed by atoms with van der Waals surface area (Å²) >= 11 is 0. The molecule has 0 atom stereocenters. The molecule has 11 nitrogen and oxygen atoms in total. The van der Waals surface area contributed by atoms with Crippen LogP contribution in [0.4, 0.5) is 11.4 Å². The van der Waals surface area contributed by atoms with Gasteiger partial charge in [-0.05, 0) is 195 Å². The van der Waals surface area contributed by atoms with Crippen LogP contribution in [0, 0.1) is 79.9 Å². The maximum atomic E-state index is 12.7. The van der Waals surface area contributed by atoms with Crippen LogP contribution in [-0.4, -0.2) is 33.2 Å². The number of aromatic hydroxyl groups is 2. The van der Waals surface area contributed by atoms with Crippen LogP contribution in [0.1, 0.15) is 81.1 Å². The molecule has 0 spiro atoms. The number of hydrogen-bond donors (Lipinski definition) is 3. The summed E-state index contributed by atoms with van der Waals surface area (Å²) in [7, 11) is 0. The molecule has 11 heteroatoms. The number of rotatable bonds is 7. The smallest absolute Gasteiger partial charge is 0.343 e. The van der Waals surface area contributed by atoms with Gasteiger partial charge in [0, 0.05) is 0 Å². The second kappa shape index (κ2) is 21.6. The van der Waals surface area contributed by atoms with Crippen LogP contribution in [-0.2, 0) is 0 Å². The van der Waals surface area contributed by atoms with Gasteiger partial charge in [-0.1, -0.05) is 48.5 Å². The molecule has 0 aromatic heterocycles. The maximum Gasteiger partial charge on any atom is 0.343 e. The number of ether oxygens (including phenoxy) is 2. The van der Waals surface area contributed by atoms with Gasteiger partial charge < -0.3 is 24.8 Å². The molecule has 0 heterocycles. The minimum Gasteiger partial charge on any atom is -0.507 e. The van der Waals surface area contributed by atoms with Gasteiger partial charge in [0.15, 0.2) is 11.4 Å². The lowest BCUT2D eigenvalue weighted by atomic mass is 9.96. The zero-order chi connectivity index (χ0) is 49.1. The number of carbonyl (C=O) groups is 3. The van der Waals surface area contributed by atoms with E-state index in [0.29, 0.717) is 51.1 Å². The highest BCUT2D eigenvalue weighted by Gasteiger charge is 2.18. The number of benzene rings is 7. The summed E-state index contributed by atoms with van der Waals surface area (Å²) < 4.78 is 11.4. The van der Waals surface area contributed by atoms with Gasteiger partial charge in [0.1, 0.15) is 23.0 Å². The first kappa shape index (κ1) is 49.0. The lowest BCUT2D eigenvalue weighted by Crippen LogP contribution is -2.10. The largest absolute Gasteiger partial charge is 0.507 e. The second-order valence-corrected chi connectivity index (χ2v) is 15.9. The first-order valence-corrected chi connectivity index (χ1v) is 20.8. The number of nitriles is 1. The quantitative estimate of drug-likeness (QED) is 0.0803. The van der Waals surface area contributed by atoms with Crippen LogP contribution in [0.5, 0.6) is 23.0 Å². The van der Waals surface area contributed by atoms with Crippen molar-refractivity contribution in [2.24, 2.45) is 0 Å². The van der Waals surface area contributed by atoms with E-state index >= 15 is 0 Å². The Bertz CT molecular complexity index is 2880. The second-order valence-electron chi connectivity index (χ2n) is 15.9. The molecular weight excluding hydrogens is 843 g/mol. The Morgan fingerprint density at radius 1 is 0.463 bits per heavy atom. The molecule has 0 unspecified atom stereocenters. The SMILES string of the molecule is Cc1cc(-c2cc(C)c(O)c(C)c2)cc(C)c1O.[C-]#[N+]c1ccc(C(=O)O)cc1.[C-]#[N+]c1ccc(C(=O)Oc2c(C)cc(-c3cc(C)c(OC(=O)c4ccc(C#N)cc4)c(C)c3)cc2C)cc1. The Morgan fingerprint density at radius 2 is 0.731 bits per heavy atom. The molecule has 0 fully saturated rings. The average molecular weight is 890 g/mol. The molecular formula is C56H47N3O8. The Balaban J connectivity index is 0.000000236. The van der Waals surface area contributed by atoms with Crippen molar-refractivity contribution in [2.45, 2.75) is 55.4 Å². The van der Waals surface area contributed by atoms with E-state index in [1.54, 1.807) is 48.5 Å². The van der Waals surface area contributed by atoms with E-state index < -0.39 is 17.9 Å². The zero-order valence-corrected chi connectivity index (χ0v) is 38.3. The lowest BCUT2D eigenvalue weighted by molar-refractivity contribution is 0.0692. The zero-order valence-electron chi connectivity index (χ0n) is 38.3. The van der Waals surface area contributed by atoms with Gasteiger partial charge in [0.05, 0.1) is 41.5 Å². The summed E-state index contributed by atoms with van der Waals surface area (Å²) in [5, 5.41) is 37.0. The Labute approximate surface area is 390 Å². The molecule has 7 rings (SSSR count). The number of nitrogens with zero attached hydrogens (tertiary/aromatic N) is 3. The minimum absolute atomic E-state index is 0.206. The molecule has 0 aliphatic carbocycles. The maximum absolute atomic E-state index is 12.7. The predicted molar refractivity (Wildman–Crippen MR) is 258 cm³/mol. The van der Waals surface area contributed by atoms with Crippen molar-refractivity contribution >= 4 is 29.3 Å². The highest BCUT2D eigenvalue weighted by atomic mass is 16.5. The van der Waals surface area contributed by atoms with Crippen molar-refractivity contribution in [3.05, 3.63) is 211 Å². The fourth-order valence-electron chi connectivity index (χ4n) is 7.14. The third-order valence-corrected chi connectivity index (χ3v) is 10.7. The van der Waals surface area contributed by atoms with Crippen LogP contribution in [0.3, 0.4) is 0 Å². The van der Waals surface area contributed by atoms with Gasteiger partial charge in [-0.15, -0.1) is 0 Å². The number of phenolic OH excluding ortho intramolecular Hbond substituents is 2. The molecule has 0 bridgehead atoms. The number of hydrogen-bond acceptors (Lipinski definition) is 8. The summed E-state index contributed by atoms with van der Waals surface area (Å²) in [5.41, 5.74) is 13.0. The average Bonchev–Trinajstić information content (AvgIpc) is 3.32. The van der Waals surface area contributed by atoms with E-state index in [2.05, 4.69) is 9.69 Å².